The maximum Gasteiger partial charge on any atom is 0.165 e. The highest BCUT2D eigenvalue weighted by Gasteiger charge is 2.51. The average molecular weight is 731 g/mol. The molecule has 0 saturated heterocycles. The first-order chi connectivity index (χ1) is 27.7. The van der Waals surface area contributed by atoms with Gasteiger partial charge in [0.05, 0.1) is 17.0 Å². The number of aromatic nitrogens is 3. The molecule has 1 aliphatic carbocycles. The van der Waals surface area contributed by atoms with E-state index in [1.165, 1.54) is 38.3 Å². The highest BCUT2D eigenvalue weighted by molar-refractivity contribution is 7.99. The number of hydrogen-bond donors (Lipinski definition) is 0. The summed E-state index contributed by atoms with van der Waals surface area (Å²) in [6.07, 6.45) is 0. The third kappa shape index (κ3) is 4.70. The summed E-state index contributed by atoms with van der Waals surface area (Å²) in [5.41, 5.74) is 12.5. The predicted molar refractivity (Wildman–Crippen MR) is 225 cm³/mol. The van der Waals surface area contributed by atoms with E-state index in [0.717, 1.165) is 43.5 Å². The van der Waals surface area contributed by atoms with Crippen molar-refractivity contribution in [2.24, 2.45) is 0 Å². The van der Waals surface area contributed by atoms with Crippen molar-refractivity contribution >= 4 is 22.5 Å². The average Bonchev–Trinajstić information content (AvgIpc) is 3.57. The molecule has 1 aromatic heterocycles. The van der Waals surface area contributed by atoms with Gasteiger partial charge in [0.15, 0.2) is 17.5 Å². The maximum absolute atomic E-state index is 10.1. The normalized spacial score (nSPS) is 13.1. The van der Waals surface area contributed by atoms with Crippen molar-refractivity contribution in [3.63, 3.8) is 0 Å². The quantitative estimate of drug-likeness (QED) is 0.180. The number of rotatable bonds is 4. The van der Waals surface area contributed by atoms with Crippen molar-refractivity contribution in [3.05, 3.63) is 210 Å². The van der Waals surface area contributed by atoms with Gasteiger partial charge in [-0.1, -0.05) is 188 Å². The van der Waals surface area contributed by atoms with Gasteiger partial charge in [0.2, 0.25) is 0 Å². The van der Waals surface area contributed by atoms with Crippen LogP contribution in [0.4, 0.5) is 0 Å². The molecule has 0 N–H and O–H groups in total. The third-order valence-electron chi connectivity index (χ3n) is 11.3. The zero-order chi connectivity index (χ0) is 37.2. The SMILES string of the molecule is N#Cc1ccc(-c2cccc3c2Sc2c(-c4nc(-c5ccccc5)nc(-c5ccccc5)n4)cccc2C32c3ccccc3-c3ccccc32)c2ccccc12. The summed E-state index contributed by atoms with van der Waals surface area (Å²) in [6, 6.07) is 66.2. The number of nitriles is 1. The van der Waals surface area contributed by atoms with Crippen molar-refractivity contribution < 1.29 is 0 Å². The molecule has 56 heavy (non-hydrogen) atoms. The second-order valence-electron chi connectivity index (χ2n) is 14.2. The van der Waals surface area contributed by atoms with E-state index in [-0.39, 0.29) is 0 Å². The molecule has 0 atom stereocenters. The van der Waals surface area contributed by atoms with Crippen LogP contribution in [0.15, 0.2) is 192 Å². The zero-order valence-electron chi connectivity index (χ0n) is 30.0. The molecule has 0 radical (unpaired) electrons. The lowest BCUT2D eigenvalue weighted by molar-refractivity contribution is 0.723. The maximum atomic E-state index is 10.1. The number of nitrogens with zero attached hydrogens (tertiary/aromatic N) is 4. The lowest BCUT2D eigenvalue weighted by atomic mass is 9.66. The van der Waals surface area contributed by atoms with Crippen LogP contribution in [0.2, 0.25) is 0 Å². The lowest BCUT2D eigenvalue weighted by Crippen LogP contribution is -2.32. The highest BCUT2D eigenvalue weighted by atomic mass is 32.2. The van der Waals surface area contributed by atoms with E-state index >= 15 is 0 Å². The zero-order valence-corrected chi connectivity index (χ0v) is 30.8. The molecule has 1 spiro atoms. The van der Waals surface area contributed by atoms with E-state index < -0.39 is 5.41 Å². The van der Waals surface area contributed by atoms with Gasteiger partial charge in [-0.2, -0.15) is 5.26 Å². The smallest absolute Gasteiger partial charge is 0.165 e. The largest absolute Gasteiger partial charge is 0.208 e. The van der Waals surface area contributed by atoms with Gasteiger partial charge in [0.25, 0.3) is 0 Å². The van der Waals surface area contributed by atoms with Crippen molar-refractivity contribution in [3.8, 4) is 62.5 Å². The van der Waals surface area contributed by atoms with Gasteiger partial charge in [-0.05, 0) is 56.0 Å². The van der Waals surface area contributed by atoms with Crippen LogP contribution in [0.1, 0.15) is 27.8 Å². The molecular formula is C51H30N4S. The molecule has 9 aromatic rings. The molecule has 0 amide bonds. The summed E-state index contributed by atoms with van der Waals surface area (Å²) in [5.74, 6) is 1.88. The summed E-state index contributed by atoms with van der Waals surface area (Å²) < 4.78 is 0. The van der Waals surface area contributed by atoms with E-state index in [1.807, 2.05) is 54.6 Å². The number of fused-ring (bicyclic) bond motifs is 10. The summed E-state index contributed by atoms with van der Waals surface area (Å²) in [5, 5.41) is 12.1. The molecule has 2 heterocycles. The molecule has 0 fully saturated rings. The summed E-state index contributed by atoms with van der Waals surface area (Å²) in [6.45, 7) is 0. The Labute approximate surface area is 328 Å². The van der Waals surface area contributed by atoms with Crippen LogP contribution in [0.25, 0.3) is 67.2 Å². The minimum absolute atomic E-state index is 0.616. The van der Waals surface area contributed by atoms with Crippen LogP contribution in [0.5, 0.6) is 0 Å². The molecule has 4 nitrogen and oxygen atoms in total. The van der Waals surface area contributed by atoms with Crippen molar-refractivity contribution in [1.29, 1.82) is 5.26 Å². The van der Waals surface area contributed by atoms with E-state index in [0.29, 0.717) is 23.0 Å². The molecule has 0 unspecified atom stereocenters. The van der Waals surface area contributed by atoms with Crippen LogP contribution in [0.3, 0.4) is 0 Å². The van der Waals surface area contributed by atoms with E-state index in [4.69, 9.17) is 15.0 Å². The molecule has 8 aromatic carbocycles. The Morgan fingerprint density at radius 3 is 1.45 bits per heavy atom. The number of benzene rings is 8. The van der Waals surface area contributed by atoms with Gasteiger partial charge in [-0.15, -0.1) is 0 Å². The fraction of sp³-hybridized carbons (Fsp3) is 0.0196. The fourth-order valence-corrected chi connectivity index (χ4v) is 10.3. The van der Waals surface area contributed by atoms with Gasteiger partial charge in [0, 0.05) is 31.9 Å². The molecule has 5 heteroatoms. The monoisotopic (exact) mass is 730 g/mol. The lowest BCUT2D eigenvalue weighted by Gasteiger charge is -2.41. The third-order valence-corrected chi connectivity index (χ3v) is 12.6. The Kier molecular flexibility index (Phi) is 7.35. The van der Waals surface area contributed by atoms with Gasteiger partial charge < -0.3 is 0 Å². The van der Waals surface area contributed by atoms with Crippen molar-refractivity contribution in [1.82, 2.24) is 15.0 Å². The summed E-state index contributed by atoms with van der Waals surface area (Å²) in [4.78, 5) is 17.8. The summed E-state index contributed by atoms with van der Waals surface area (Å²) >= 11 is 1.79. The Morgan fingerprint density at radius 1 is 0.375 bits per heavy atom. The molecule has 0 saturated carbocycles. The van der Waals surface area contributed by atoms with Gasteiger partial charge in [-0.25, -0.2) is 15.0 Å². The summed E-state index contributed by atoms with van der Waals surface area (Å²) in [7, 11) is 0. The Bertz CT molecular complexity index is 2970. The molecule has 0 bridgehead atoms. The van der Waals surface area contributed by atoms with Crippen molar-refractivity contribution in [2.75, 3.05) is 0 Å². The number of hydrogen-bond acceptors (Lipinski definition) is 5. The molecule has 2 aliphatic rings. The first kappa shape index (κ1) is 32.3. The first-order valence-corrected chi connectivity index (χ1v) is 19.5. The molecule has 11 rings (SSSR count). The van der Waals surface area contributed by atoms with Crippen LogP contribution in [-0.4, -0.2) is 15.0 Å². The fourth-order valence-electron chi connectivity index (χ4n) is 8.90. The predicted octanol–water partition coefficient (Wildman–Crippen LogP) is 12.4. The second kappa shape index (κ2) is 12.7. The second-order valence-corrected chi connectivity index (χ2v) is 15.2. The Hall–Kier alpha value is -7.13. The van der Waals surface area contributed by atoms with E-state index in [9.17, 15) is 5.26 Å². The van der Waals surface area contributed by atoms with Gasteiger partial charge in [0.1, 0.15) is 0 Å². The Balaban J connectivity index is 1.24. The van der Waals surface area contributed by atoms with Crippen molar-refractivity contribution in [2.45, 2.75) is 15.2 Å². The topological polar surface area (TPSA) is 62.5 Å². The minimum Gasteiger partial charge on any atom is -0.208 e. The highest BCUT2D eigenvalue weighted by Crippen LogP contribution is 2.64. The van der Waals surface area contributed by atoms with Crippen LogP contribution >= 0.6 is 11.8 Å². The molecule has 260 valence electrons. The molecular weight excluding hydrogens is 701 g/mol. The standard InChI is InChI=1S/C51H30N4S/c52-31-34-29-30-37(36-20-8-7-19-35(34)36)40-23-13-27-44-46(40)56-47-41(50-54-48(32-15-3-1-4-16-32)53-49(55-50)33-17-5-2-6-18-33)24-14-28-45(47)51(44)42-25-11-9-21-38(42)39-22-10-12-26-43(39)51/h1-30H. The van der Waals surface area contributed by atoms with Crippen LogP contribution < -0.4 is 0 Å². The van der Waals surface area contributed by atoms with Crippen LogP contribution in [-0.2, 0) is 5.41 Å². The first-order valence-electron chi connectivity index (χ1n) is 18.7. The van der Waals surface area contributed by atoms with Gasteiger partial charge >= 0.3 is 0 Å². The van der Waals surface area contributed by atoms with E-state index in [1.54, 1.807) is 11.8 Å². The van der Waals surface area contributed by atoms with Crippen LogP contribution in [0, 0.1) is 11.3 Å². The van der Waals surface area contributed by atoms with E-state index in [2.05, 4.69) is 133 Å². The Morgan fingerprint density at radius 2 is 0.839 bits per heavy atom. The van der Waals surface area contributed by atoms with Gasteiger partial charge in [-0.3, -0.25) is 0 Å². The minimum atomic E-state index is -0.616. The molecule has 1 aliphatic heterocycles.